The lowest BCUT2D eigenvalue weighted by Crippen LogP contribution is -2.41. The zero-order valence-corrected chi connectivity index (χ0v) is 14.4. The monoisotopic (exact) mass is 318 g/mol. The van der Waals surface area contributed by atoms with Gasteiger partial charge in [-0.05, 0) is 63.6 Å². The Morgan fingerprint density at radius 2 is 1.83 bits per heavy atom. The molecule has 0 radical (unpaired) electrons. The average molecular weight is 318 g/mol. The highest BCUT2D eigenvalue weighted by molar-refractivity contribution is 5.94. The number of amides is 2. The van der Waals surface area contributed by atoms with E-state index in [2.05, 4.69) is 6.07 Å². The molecule has 0 bridgehead atoms. The maximum absolute atomic E-state index is 12.1. The van der Waals surface area contributed by atoms with Gasteiger partial charge < -0.3 is 15.4 Å². The zero-order valence-electron chi connectivity index (χ0n) is 14.4. The molecule has 5 nitrogen and oxygen atoms in total. The minimum Gasteiger partial charge on any atom is -0.444 e. The lowest BCUT2D eigenvalue weighted by atomic mass is 9.87. The number of hydrogen-bond acceptors (Lipinski definition) is 3. The number of nitrogens with two attached hydrogens (primary N) is 1. The van der Waals surface area contributed by atoms with Gasteiger partial charge in [-0.1, -0.05) is 12.1 Å². The highest BCUT2D eigenvalue weighted by Crippen LogP contribution is 2.30. The maximum Gasteiger partial charge on any atom is 0.410 e. The van der Waals surface area contributed by atoms with Crippen molar-refractivity contribution in [3.8, 4) is 0 Å². The van der Waals surface area contributed by atoms with Gasteiger partial charge in [-0.2, -0.15) is 0 Å². The molecule has 2 amide bonds. The average Bonchev–Trinajstić information content (AvgIpc) is 2.46. The largest absolute Gasteiger partial charge is 0.444 e. The number of ether oxygens (including phenoxy) is 1. The summed E-state index contributed by atoms with van der Waals surface area (Å²) in [5, 5.41) is 0. The van der Waals surface area contributed by atoms with Crippen LogP contribution in [0.1, 0.15) is 61.0 Å². The molecule has 5 heteroatoms. The van der Waals surface area contributed by atoms with Gasteiger partial charge in [0, 0.05) is 18.7 Å². The van der Waals surface area contributed by atoms with Gasteiger partial charge >= 0.3 is 6.09 Å². The lowest BCUT2D eigenvalue weighted by molar-refractivity contribution is 0.0205. The Hall–Kier alpha value is -2.04. The fourth-order valence-corrected chi connectivity index (χ4v) is 2.88. The molecular formula is C18H26N2O3. The Morgan fingerprint density at radius 3 is 2.35 bits per heavy atom. The van der Waals surface area contributed by atoms with E-state index in [4.69, 9.17) is 10.5 Å². The van der Waals surface area contributed by atoms with Crippen LogP contribution in [0.3, 0.4) is 0 Å². The second-order valence-electron chi connectivity index (χ2n) is 7.18. The van der Waals surface area contributed by atoms with E-state index in [1.165, 1.54) is 0 Å². The molecule has 0 unspecified atom stereocenters. The van der Waals surface area contributed by atoms with Gasteiger partial charge in [0.05, 0.1) is 0 Å². The SMILES string of the molecule is Cc1ccc(C2CCN(C(=O)OC(C)(C)C)CC2)cc1C(N)=O. The van der Waals surface area contributed by atoms with Crippen molar-refractivity contribution in [2.24, 2.45) is 5.73 Å². The van der Waals surface area contributed by atoms with Crippen LogP contribution < -0.4 is 5.73 Å². The topological polar surface area (TPSA) is 72.6 Å². The first-order valence-electron chi connectivity index (χ1n) is 8.05. The third-order valence-corrected chi connectivity index (χ3v) is 4.15. The number of rotatable bonds is 2. The van der Waals surface area contributed by atoms with E-state index < -0.39 is 11.5 Å². The number of hydrogen-bond donors (Lipinski definition) is 1. The number of primary amides is 1. The third-order valence-electron chi connectivity index (χ3n) is 4.15. The standard InChI is InChI=1S/C18H26N2O3/c1-12-5-6-14(11-15(12)16(19)21)13-7-9-20(10-8-13)17(22)23-18(2,3)4/h5-6,11,13H,7-10H2,1-4H3,(H2,19,21). The fraction of sp³-hybridized carbons (Fsp3) is 0.556. The van der Waals surface area contributed by atoms with Crippen molar-refractivity contribution < 1.29 is 14.3 Å². The summed E-state index contributed by atoms with van der Waals surface area (Å²) in [6, 6.07) is 5.89. The Bertz CT molecular complexity index is 597. The van der Waals surface area contributed by atoms with E-state index in [1.54, 1.807) is 4.90 Å². The second-order valence-corrected chi connectivity index (χ2v) is 7.18. The molecule has 0 spiro atoms. The summed E-state index contributed by atoms with van der Waals surface area (Å²) < 4.78 is 5.41. The minimum absolute atomic E-state index is 0.252. The molecule has 1 aliphatic heterocycles. The summed E-state index contributed by atoms with van der Waals surface area (Å²) in [4.78, 5) is 25.3. The molecule has 2 rings (SSSR count). The van der Waals surface area contributed by atoms with Crippen molar-refractivity contribution in [1.82, 2.24) is 4.90 Å². The van der Waals surface area contributed by atoms with Crippen molar-refractivity contribution in [3.05, 3.63) is 34.9 Å². The number of carbonyl (C=O) groups is 2. The first-order valence-corrected chi connectivity index (χ1v) is 8.05. The van der Waals surface area contributed by atoms with Gasteiger partial charge in [-0.15, -0.1) is 0 Å². The van der Waals surface area contributed by atoms with Crippen LogP contribution >= 0.6 is 0 Å². The molecule has 1 aromatic carbocycles. The summed E-state index contributed by atoms with van der Waals surface area (Å²) in [6.07, 6.45) is 1.47. The van der Waals surface area contributed by atoms with E-state index in [-0.39, 0.29) is 6.09 Å². The molecule has 1 aliphatic rings. The van der Waals surface area contributed by atoms with Gasteiger partial charge in [0.15, 0.2) is 0 Å². The number of carbonyl (C=O) groups excluding carboxylic acids is 2. The molecule has 0 aliphatic carbocycles. The molecule has 1 aromatic rings. The summed E-state index contributed by atoms with van der Waals surface area (Å²) in [6.45, 7) is 8.83. The van der Waals surface area contributed by atoms with Crippen LogP contribution in [0.15, 0.2) is 18.2 Å². The number of likely N-dealkylation sites (tertiary alicyclic amines) is 1. The summed E-state index contributed by atoms with van der Waals surface area (Å²) in [5.41, 5.74) is 7.55. The van der Waals surface area contributed by atoms with Gasteiger partial charge in [0.25, 0.3) is 0 Å². The Labute approximate surface area is 137 Å². The molecule has 2 N–H and O–H groups in total. The van der Waals surface area contributed by atoms with Crippen molar-refractivity contribution in [3.63, 3.8) is 0 Å². The number of benzene rings is 1. The Balaban J connectivity index is 2.01. The van der Waals surface area contributed by atoms with Gasteiger partial charge in [0.2, 0.25) is 5.91 Å². The predicted molar refractivity (Wildman–Crippen MR) is 89.5 cm³/mol. The fourth-order valence-electron chi connectivity index (χ4n) is 2.88. The van der Waals surface area contributed by atoms with Crippen LogP contribution in [0.2, 0.25) is 0 Å². The number of piperidine rings is 1. The first kappa shape index (κ1) is 17.3. The van der Waals surface area contributed by atoms with Crippen molar-refractivity contribution in [2.75, 3.05) is 13.1 Å². The maximum atomic E-state index is 12.1. The molecule has 0 atom stereocenters. The quantitative estimate of drug-likeness (QED) is 0.910. The predicted octanol–water partition coefficient (Wildman–Crippen LogP) is 3.21. The van der Waals surface area contributed by atoms with E-state index in [1.807, 2.05) is 39.8 Å². The Kier molecular flexibility index (Phi) is 4.97. The van der Waals surface area contributed by atoms with Crippen molar-refractivity contribution in [2.45, 2.75) is 52.1 Å². The van der Waals surface area contributed by atoms with Crippen LogP contribution in [0, 0.1) is 6.92 Å². The molecule has 1 fully saturated rings. The van der Waals surface area contributed by atoms with E-state index in [0.717, 1.165) is 24.0 Å². The zero-order chi connectivity index (χ0) is 17.2. The van der Waals surface area contributed by atoms with E-state index >= 15 is 0 Å². The molecule has 1 heterocycles. The first-order chi connectivity index (χ1) is 10.7. The van der Waals surface area contributed by atoms with Crippen LogP contribution in [-0.2, 0) is 4.74 Å². The van der Waals surface area contributed by atoms with Gasteiger partial charge in [0.1, 0.15) is 5.60 Å². The lowest BCUT2D eigenvalue weighted by Gasteiger charge is -2.33. The van der Waals surface area contributed by atoms with Crippen LogP contribution in [0.25, 0.3) is 0 Å². The van der Waals surface area contributed by atoms with Crippen molar-refractivity contribution >= 4 is 12.0 Å². The third kappa shape index (κ3) is 4.47. The Morgan fingerprint density at radius 1 is 1.22 bits per heavy atom. The van der Waals surface area contributed by atoms with Crippen LogP contribution in [-0.4, -0.2) is 35.6 Å². The smallest absolute Gasteiger partial charge is 0.410 e. The molecule has 0 saturated carbocycles. The minimum atomic E-state index is -0.471. The molecule has 126 valence electrons. The normalized spacial score (nSPS) is 16.3. The molecule has 23 heavy (non-hydrogen) atoms. The van der Waals surface area contributed by atoms with E-state index in [0.29, 0.717) is 24.6 Å². The van der Waals surface area contributed by atoms with Crippen LogP contribution in [0.4, 0.5) is 4.79 Å². The molecular weight excluding hydrogens is 292 g/mol. The molecule has 0 aromatic heterocycles. The highest BCUT2D eigenvalue weighted by Gasteiger charge is 2.27. The highest BCUT2D eigenvalue weighted by atomic mass is 16.6. The summed E-state index contributed by atoms with van der Waals surface area (Å²) in [5.74, 6) is -0.0528. The van der Waals surface area contributed by atoms with E-state index in [9.17, 15) is 9.59 Å². The van der Waals surface area contributed by atoms with Crippen molar-refractivity contribution in [1.29, 1.82) is 0 Å². The van der Waals surface area contributed by atoms with Gasteiger partial charge in [-0.25, -0.2) is 4.79 Å². The second kappa shape index (κ2) is 6.60. The number of nitrogens with zero attached hydrogens (tertiary/aromatic N) is 1. The van der Waals surface area contributed by atoms with Crippen LogP contribution in [0.5, 0.6) is 0 Å². The van der Waals surface area contributed by atoms with Gasteiger partial charge in [-0.3, -0.25) is 4.79 Å². The number of aryl methyl sites for hydroxylation is 1. The summed E-state index contributed by atoms with van der Waals surface area (Å²) >= 11 is 0. The summed E-state index contributed by atoms with van der Waals surface area (Å²) in [7, 11) is 0. The molecule has 1 saturated heterocycles.